The van der Waals surface area contributed by atoms with Gasteiger partial charge >= 0.3 is 5.97 Å². The maximum atomic E-state index is 13.3. The fourth-order valence-corrected chi connectivity index (χ4v) is 4.95. The molecule has 0 spiro atoms. The monoisotopic (exact) mass is 492 g/mol. The number of furan rings is 1. The van der Waals surface area contributed by atoms with Gasteiger partial charge in [0, 0.05) is 11.1 Å². The summed E-state index contributed by atoms with van der Waals surface area (Å²) in [5.41, 5.74) is 2.72. The molecule has 0 amide bonds. The van der Waals surface area contributed by atoms with Gasteiger partial charge in [0.1, 0.15) is 36.2 Å². The van der Waals surface area contributed by atoms with Gasteiger partial charge in [-0.1, -0.05) is 36.4 Å². The molecule has 0 N–H and O–H groups in total. The molecule has 0 saturated heterocycles. The SMILES string of the molecule is O=C1C[C@H](c2ccc(-c3ccccc3)o2)c2c(ccc3c2O/C(=C\c2ccc4c(c2)OCCO4)C3=O)O1. The van der Waals surface area contributed by atoms with E-state index in [9.17, 15) is 9.59 Å². The van der Waals surface area contributed by atoms with Crippen molar-refractivity contribution in [2.45, 2.75) is 12.3 Å². The predicted molar refractivity (Wildman–Crippen MR) is 133 cm³/mol. The summed E-state index contributed by atoms with van der Waals surface area (Å²) < 4.78 is 29.1. The van der Waals surface area contributed by atoms with Crippen LogP contribution in [0.1, 0.15) is 39.6 Å². The first-order valence-corrected chi connectivity index (χ1v) is 12.0. The molecule has 0 saturated carbocycles. The van der Waals surface area contributed by atoms with Gasteiger partial charge in [0.2, 0.25) is 5.78 Å². The molecule has 1 aromatic heterocycles. The Morgan fingerprint density at radius 1 is 0.784 bits per heavy atom. The van der Waals surface area contributed by atoms with Gasteiger partial charge in [-0.3, -0.25) is 9.59 Å². The summed E-state index contributed by atoms with van der Waals surface area (Å²) in [6.45, 7) is 0.975. The zero-order valence-electron chi connectivity index (χ0n) is 19.6. The third kappa shape index (κ3) is 3.67. The zero-order valence-corrected chi connectivity index (χ0v) is 19.6. The third-order valence-corrected chi connectivity index (χ3v) is 6.67. The van der Waals surface area contributed by atoms with Crippen molar-refractivity contribution in [3.63, 3.8) is 0 Å². The molecular formula is C30H20O7. The molecular weight excluding hydrogens is 472 g/mol. The minimum Gasteiger partial charge on any atom is -0.486 e. The Kier molecular flexibility index (Phi) is 4.89. The molecule has 37 heavy (non-hydrogen) atoms. The van der Waals surface area contributed by atoms with Crippen LogP contribution in [0.4, 0.5) is 0 Å². The van der Waals surface area contributed by atoms with Gasteiger partial charge in [-0.15, -0.1) is 0 Å². The summed E-state index contributed by atoms with van der Waals surface area (Å²) in [6.07, 6.45) is 1.75. The normalized spacial score (nSPS) is 18.7. The van der Waals surface area contributed by atoms with Crippen LogP contribution in [0.5, 0.6) is 23.0 Å². The van der Waals surface area contributed by atoms with Crippen LogP contribution in [-0.2, 0) is 4.79 Å². The van der Waals surface area contributed by atoms with Crippen molar-refractivity contribution in [2.24, 2.45) is 0 Å². The molecule has 7 heteroatoms. The largest absolute Gasteiger partial charge is 0.486 e. The number of carbonyl (C=O) groups excluding carboxylic acids is 2. The van der Waals surface area contributed by atoms with E-state index >= 15 is 0 Å². The van der Waals surface area contributed by atoms with Crippen LogP contribution >= 0.6 is 0 Å². The van der Waals surface area contributed by atoms with Gasteiger partial charge in [0.25, 0.3) is 0 Å². The zero-order chi connectivity index (χ0) is 24.9. The van der Waals surface area contributed by atoms with Crippen LogP contribution in [0.15, 0.2) is 83.0 Å². The highest BCUT2D eigenvalue weighted by atomic mass is 16.6. The highest BCUT2D eigenvalue weighted by Gasteiger charge is 2.39. The van der Waals surface area contributed by atoms with Crippen molar-refractivity contribution in [3.8, 4) is 34.3 Å². The van der Waals surface area contributed by atoms with E-state index in [1.807, 2.05) is 60.7 Å². The van der Waals surface area contributed by atoms with Crippen molar-refractivity contribution < 1.29 is 33.0 Å². The Morgan fingerprint density at radius 3 is 2.46 bits per heavy atom. The molecule has 182 valence electrons. The van der Waals surface area contributed by atoms with Crippen molar-refractivity contribution >= 4 is 17.8 Å². The van der Waals surface area contributed by atoms with Gasteiger partial charge in [-0.25, -0.2) is 0 Å². The molecule has 1 atom stereocenters. The third-order valence-electron chi connectivity index (χ3n) is 6.67. The number of ketones is 1. The van der Waals surface area contributed by atoms with E-state index in [2.05, 4.69) is 0 Å². The van der Waals surface area contributed by atoms with Crippen LogP contribution in [0, 0.1) is 0 Å². The Labute approximate surface area is 211 Å². The van der Waals surface area contributed by atoms with Gasteiger partial charge < -0.3 is 23.4 Å². The number of esters is 1. The van der Waals surface area contributed by atoms with Crippen molar-refractivity contribution in [3.05, 3.63) is 101 Å². The fraction of sp³-hybridized carbons (Fsp3) is 0.133. The molecule has 3 aliphatic rings. The second-order valence-corrected chi connectivity index (χ2v) is 9.00. The van der Waals surface area contributed by atoms with E-state index in [1.54, 1.807) is 18.2 Å². The quantitative estimate of drug-likeness (QED) is 0.204. The first kappa shape index (κ1) is 21.5. The predicted octanol–water partition coefficient (Wildman–Crippen LogP) is 5.78. The number of Topliss-reactive ketones (excluding diaryl/α,β-unsaturated/α-hetero) is 1. The van der Waals surface area contributed by atoms with Gasteiger partial charge in [0.05, 0.1) is 17.9 Å². The summed E-state index contributed by atoms with van der Waals surface area (Å²) in [7, 11) is 0. The lowest BCUT2D eigenvalue weighted by atomic mass is 9.88. The summed E-state index contributed by atoms with van der Waals surface area (Å²) in [4.78, 5) is 25.8. The molecule has 0 fully saturated rings. The molecule has 7 rings (SSSR count). The molecule has 7 nitrogen and oxygen atoms in total. The van der Waals surface area contributed by atoms with E-state index in [0.29, 0.717) is 58.9 Å². The summed E-state index contributed by atoms with van der Waals surface area (Å²) in [6, 6.07) is 22.2. The topological polar surface area (TPSA) is 84.2 Å². The standard InChI is InChI=1S/C30H20O7/c31-27-16-20(22-11-10-21(35-22)18-4-2-1-3-5-18)28-24(36-27)9-7-19-29(32)26(37-30(19)28)15-17-6-8-23-25(14-17)34-13-12-33-23/h1-11,14-15,20H,12-13,16H2/b26-15-/t20-/m1/s1. The number of hydrogen-bond acceptors (Lipinski definition) is 7. The average molecular weight is 492 g/mol. The molecule has 4 aromatic rings. The molecule has 3 aliphatic heterocycles. The maximum absolute atomic E-state index is 13.3. The lowest BCUT2D eigenvalue weighted by Gasteiger charge is -2.24. The maximum Gasteiger partial charge on any atom is 0.312 e. The molecule has 0 aliphatic carbocycles. The van der Waals surface area contributed by atoms with Crippen molar-refractivity contribution in [1.29, 1.82) is 0 Å². The minimum absolute atomic E-state index is 0.0734. The van der Waals surface area contributed by atoms with E-state index < -0.39 is 5.92 Å². The number of ether oxygens (including phenoxy) is 4. The Balaban J connectivity index is 1.27. The van der Waals surface area contributed by atoms with Gasteiger partial charge in [-0.05, 0) is 48.0 Å². The molecule has 4 heterocycles. The van der Waals surface area contributed by atoms with Gasteiger partial charge in [-0.2, -0.15) is 0 Å². The number of hydrogen-bond donors (Lipinski definition) is 0. The Morgan fingerprint density at radius 2 is 1.59 bits per heavy atom. The van der Waals surface area contributed by atoms with Crippen molar-refractivity contribution in [1.82, 2.24) is 0 Å². The molecule has 0 radical (unpaired) electrons. The molecule has 0 unspecified atom stereocenters. The van der Waals surface area contributed by atoms with Crippen LogP contribution in [0.2, 0.25) is 0 Å². The molecule has 3 aromatic carbocycles. The summed E-state index contributed by atoms with van der Waals surface area (Å²) in [5, 5.41) is 0. The van der Waals surface area contributed by atoms with Gasteiger partial charge in [0.15, 0.2) is 17.3 Å². The second-order valence-electron chi connectivity index (χ2n) is 9.00. The Hall–Kier alpha value is -4.78. The highest BCUT2D eigenvalue weighted by molar-refractivity contribution is 6.15. The van der Waals surface area contributed by atoms with E-state index in [1.165, 1.54) is 0 Å². The van der Waals surface area contributed by atoms with E-state index in [4.69, 9.17) is 23.4 Å². The van der Waals surface area contributed by atoms with Crippen molar-refractivity contribution in [2.75, 3.05) is 13.2 Å². The number of rotatable bonds is 3. The number of carbonyl (C=O) groups is 2. The first-order valence-electron chi connectivity index (χ1n) is 12.0. The molecule has 0 bridgehead atoms. The summed E-state index contributed by atoms with van der Waals surface area (Å²) in [5.74, 6) is 2.46. The minimum atomic E-state index is -0.454. The lowest BCUT2D eigenvalue weighted by Crippen LogP contribution is -2.21. The smallest absolute Gasteiger partial charge is 0.312 e. The summed E-state index contributed by atoms with van der Waals surface area (Å²) >= 11 is 0. The Bertz CT molecular complexity index is 1600. The lowest BCUT2D eigenvalue weighted by molar-refractivity contribution is -0.135. The first-order chi connectivity index (χ1) is 18.1. The van der Waals surface area contributed by atoms with Crippen LogP contribution in [0.25, 0.3) is 17.4 Å². The fourth-order valence-electron chi connectivity index (χ4n) is 4.95. The highest BCUT2D eigenvalue weighted by Crippen LogP contribution is 2.49. The van der Waals surface area contributed by atoms with E-state index in [0.717, 1.165) is 11.1 Å². The number of benzene rings is 3. The second kappa shape index (κ2) is 8.41. The van der Waals surface area contributed by atoms with E-state index in [-0.39, 0.29) is 23.9 Å². The van der Waals surface area contributed by atoms with Crippen LogP contribution in [-0.4, -0.2) is 25.0 Å². The van der Waals surface area contributed by atoms with Crippen LogP contribution in [0.3, 0.4) is 0 Å². The average Bonchev–Trinajstić information content (AvgIpc) is 3.54. The van der Waals surface area contributed by atoms with Crippen LogP contribution < -0.4 is 18.9 Å². The number of allylic oxidation sites excluding steroid dienone is 1. The number of fused-ring (bicyclic) bond motifs is 4.